The molecule has 0 aliphatic carbocycles. The van der Waals surface area contributed by atoms with Crippen LogP contribution in [0.5, 0.6) is 0 Å². The first kappa shape index (κ1) is 17.9. The molecule has 0 unspecified atom stereocenters. The molecule has 0 radical (unpaired) electrons. The van der Waals surface area contributed by atoms with E-state index in [1.54, 1.807) is 36.5 Å². The third kappa shape index (κ3) is 3.16. The molecular weight excluding hydrogens is 355 g/mol. The van der Waals surface area contributed by atoms with E-state index in [0.717, 1.165) is 5.56 Å². The van der Waals surface area contributed by atoms with Crippen LogP contribution in [-0.2, 0) is 11.3 Å². The highest BCUT2D eigenvalue weighted by atomic mass is 19.1. The largest absolute Gasteiger partial charge is 0.503 e. The van der Waals surface area contributed by atoms with Crippen LogP contribution in [0.2, 0.25) is 0 Å². The lowest BCUT2D eigenvalue weighted by atomic mass is 9.92. The number of aliphatic hydroxyl groups is 1. The van der Waals surface area contributed by atoms with Gasteiger partial charge < -0.3 is 10.0 Å². The number of benzene rings is 2. The third-order valence-corrected chi connectivity index (χ3v) is 4.92. The van der Waals surface area contributed by atoms with Gasteiger partial charge in [0.25, 0.3) is 5.91 Å². The maximum atomic E-state index is 14.7. The van der Waals surface area contributed by atoms with E-state index in [0.29, 0.717) is 22.4 Å². The van der Waals surface area contributed by atoms with Crippen LogP contribution in [0, 0.1) is 12.7 Å². The molecule has 1 aliphatic rings. The van der Waals surface area contributed by atoms with Crippen molar-refractivity contribution in [2.75, 3.05) is 0 Å². The number of nitrogens with zero attached hydrogens (tertiary/aromatic N) is 2. The fourth-order valence-electron chi connectivity index (χ4n) is 3.53. The summed E-state index contributed by atoms with van der Waals surface area (Å²) in [4.78, 5) is 18.7. The van der Waals surface area contributed by atoms with Crippen LogP contribution < -0.4 is 0 Å². The average Bonchev–Trinajstić information content (AvgIpc) is 2.95. The zero-order valence-corrected chi connectivity index (χ0v) is 15.3. The van der Waals surface area contributed by atoms with Gasteiger partial charge in [0.15, 0.2) is 5.76 Å². The summed E-state index contributed by atoms with van der Waals surface area (Å²) < 4.78 is 14.7. The zero-order valence-electron chi connectivity index (χ0n) is 15.3. The van der Waals surface area contributed by atoms with Gasteiger partial charge in [-0.2, -0.15) is 0 Å². The Morgan fingerprint density at radius 3 is 2.43 bits per heavy atom. The minimum absolute atomic E-state index is 0.165. The molecule has 1 N–H and O–H groups in total. The number of rotatable bonds is 4. The molecule has 4 nitrogen and oxygen atoms in total. The number of aliphatic hydroxyl groups excluding tert-OH is 1. The molecule has 0 bridgehead atoms. The molecule has 0 saturated heterocycles. The molecule has 1 amide bonds. The molecule has 4 rings (SSSR count). The highest BCUT2D eigenvalue weighted by Crippen LogP contribution is 2.44. The summed E-state index contributed by atoms with van der Waals surface area (Å²) in [5.74, 6) is -1.31. The Labute approximate surface area is 162 Å². The van der Waals surface area contributed by atoms with Gasteiger partial charge in [0.05, 0.1) is 18.3 Å². The molecule has 0 spiro atoms. The summed E-state index contributed by atoms with van der Waals surface area (Å²) in [5.41, 5.74) is 3.15. The zero-order chi connectivity index (χ0) is 19.7. The van der Waals surface area contributed by atoms with Crippen LogP contribution in [0.4, 0.5) is 4.39 Å². The monoisotopic (exact) mass is 374 g/mol. The van der Waals surface area contributed by atoms with Gasteiger partial charge in [-0.3, -0.25) is 9.78 Å². The van der Waals surface area contributed by atoms with Crippen LogP contribution >= 0.6 is 0 Å². The summed E-state index contributed by atoms with van der Waals surface area (Å²) in [6.45, 7) is 2.12. The van der Waals surface area contributed by atoms with E-state index >= 15 is 0 Å². The number of aromatic nitrogens is 1. The second-order valence-electron chi connectivity index (χ2n) is 6.81. The van der Waals surface area contributed by atoms with E-state index in [1.165, 1.54) is 11.0 Å². The highest BCUT2D eigenvalue weighted by molar-refractivity contribution is 6.05. The molecule has 140 valence electrons. The Hall–Kier alpha value is -3.47. The van der Waals surface area contributed by atoms with E-state index in [4.69, 9.17) is 0 Å². The fourth-order valence-corrected chi connectivity index (χ4v) is 3.53. The number of aryl methyl sites for hydroxylation is 1. The molecule has 5 heteroatoms. The van der Waals surface area contributed by atoms with Gasteiger partial charge in [-0.15, -0.1) is 0 Å². The second-order valence-corrected chi connectivity index (χ2v) is 6.81. The molecular formula is C23H19FN2O2. The Morgan fingerprint density at radius 2 is 1.75 bits per heavy atom. The fraction of sp³-hybridized carbons (Fsp3) is 0.130. The van der Waals surface area contributed by atoms with Crippen molar-refractivity contribution in [1.29, 1.82) is 0 Å². The first-order valence-corrected chi connectivity index (χ1v) is 9.01. The van der Waals surface area contributed by atoms with Gasteiger partial charge >= 0.3 is 0 Å². The summed E-state index contributed by atoms with van der Waals surface area (Å²) in [6, 6.07) is 18.5. The number of hydrogen-bond donors (Lipinski definition) is 1. The van der Waals surface area contributed by atoms with Crippen molar-refractivity contribution in [3.63, 3.8) is 0 Å². The van der Waals surface area contributed by atoms with E-state index in [9.17, 15) is 14.3 Å². The first-order chi connectivity index (χ1) is 13.6. The number of halogens is 1. The Bertz CT molecular complexity index is 1050. The lowest BCUT2D eigenvalue weighted by Crippen LogP contribution is -2.30. The van der Waals surface area contributed by atoms with Crippen molar-refractivity contribution in [2.24, 2.45) is 0 Å². The van der Waals surface area contributed by atoms with Crippen molar-refractivity contribution < 1.29 is 14.3 Å². The molecule has 28 heavy (non-hydrogen) atoms. The van der Waals surface area contributed by atoms with E-state index in [-0.39, 0.29) is 12.3 Å². The van der Waals surface area contributed by atoms with Crippen molar-refractivity contribution in [3.8, 4) is 0 Å². The van der Waals surface area contributed by atoms with Crippen molar-refractivity contribution >= 4 is 11.5 Å². The SMILES string of the molecule is Cc1ccc(C2=C(O)C(=O)N(Cc3ccccn3)[C@H]2c2ccccc2F)cc1. The number of carbonyl (C=O) groups is 1. The number of pyridine rings is 1. The summed E-state index contributed by atoms with van der Waals surface area (Å²) >= 11 is 0. The topological polar surface area (TPSA) is 53.4 Å². The Balaban J connectivity index is 1.84. The van der Waals surface area contributed by atoms with E-state index in [1.807, 2.05) is 37.3 Å². The summed E-state index contributed by atoms with van der Waals surface area (Å²) in [5, 5.41) is 10.7. The standard InChI is InChI=1S/C23H19FN2O2/c1-15-9-11-16(12-10-15)20-21(18-7-2-3-8-19(18)24)26(23(28)22(20)27)14-17-6-4-5-13-25-17/h2-13,21,27H,14H2,1H3/t21-/m0/s1. The van der Waals surface area contributed by atoms with Crippen LogP contribution in [0.15, 0.2) is 78.7 Å². The normalized spacial score (nSPS) is 16.7. The van der Waals surface area contributed by atoms with Gasteiger partial charge in [-0.1, -0.05) is 54.1 Å². The molecule has 1 aromatic heterocycles. The van der Waals surface area contributed by atoms with Crippen LogP contribution in [0.3, 0.4) is 0 Å². The van der Waals surface area contributed by atoms with Gasteiger partial charge in [0.2, 0.25) is 0 Å². The highest BCUT2D eigenvalue weighted by Gasteiger charge is 2.42. The molecule has 3 aromatic rings. The lowest BCUT2D eigenvalue weighted by molar-refractivity contribution is -0.130. The van der Waals surface area contributed by atoms with E-state index < -0.39 is 17.8 Å². The van der Waals surface area contributed by atoms with Crippen molar-refractivity contribution in [3.05, 3.63) is 107 Å². The molecule has 1 aliphatic heterocycles. The number of hydrogen-bond acceptors (Lipinski definition) is 3. The smallest absolute Gasteiger partial charge is 0.290 e. The number of amides is 1. The van der Waals surface area contributed by atoms with Gasteiger partial charge in [0, 0.05) is 17.3 Å². The van der Waals surface area contributed by atoms with Crippen LogP contribution in [0.1, 0.15) is 28.4 Å². The third-order valence-electron chi connectivity index (χ3n) is 4.92. The summed E-state index contributed by atoms with van der Waals surface area (Å²) in [7, 11) is 0. The minimum Gasteiger partial charge on any atom is -0.503 e. The predicted molar refractivity (Wildman–Crippen MR) is 105 cm³/mol. The Kier molecular flexibility index (Phi) is 4.65. The number of carbonyl (C=O) groups excluding carboxylic acids is 1. The van der Waals surface area contributed by atoms with Gasteiger partial charge in [0.1, 0.15) is 5.82 Å². The van der Waals surface area contributed by atoms with Crippen LogP contribution in [0.25, 0.3) is 5.57 Å². The Morgan fingerprint density at radius 1 is 1.04 bits per heavy atom. The first-order valence-electron chi connectivity index (χ1n) is 9.01. The molecule has 0 fully saturated rings. The van der Waals surface area contributed by atoms with E-state index in [2.05, 4.69) is 4.98 Å². The van der Waals surface area contributed by atoms with Crippen molar-refractivity contribution in [1.82, 2.24) is 9.88 Å². The maximum Gasteiger partial charge on any atom is 0.290 e. The van der Waals surface area contributed by atoms with Gasteiger partial charge in [-0.05, 0) is 30.7 Å². The van der Waals surface area contributed by atoms with Crippen LogP contribution in [-0.4, -0.2) is 20.9 Å². The average molecular weight is 374 g/mol. The predicted octanol–water partition coefficient (Wildman–Crippen LogP) is 4.58. The van der Waals surface area contributed by atoms with Crippen molar-refractivity contribution in [2.45, 2.75) is 19.5 Å². The lowest BCUT2D eigenvalue weighted by Gasteiger charge is -2.27. The molecule has 2 heterocycles. The maximum absolute atomic E-state index is 14.7. The molecule has 2 aromatic carbocycles. The summed E-state index contributed by atoms with van der Waals surface area (Å²) in [6.07, 6.45) is 1.64. The molecule has 1 atom stereocenters. The molecule has 0 saturated carbocycles. The second kappa shape index (κ2) is 7.27. The minimum atomic E-state index is -0.738. The quantitative estimate of drug-likeness (QED) is 0.727. The van der Waals surface area contributed by atoms with Gasteiger partial charge in [-0.25, -0.2) is 4.39 Å².